The van der Waals surface area contributed by atoms with Crippen molar-refractivity contribution >= 4 is 23.2 Å². The van der Waals surface area contributed by atoms with Crippen LogP contribution in [0, 0.1) is 6.92 Å². The van der Waals surface area contributed by atoms with Crippen molar-refractivity contribution in [3.8, 4) is 0 Å². The summed E-state index contributed by atoms with van der Waals surface area (Å²) in [4.78, 5) is 27.1. The molecule has 1 saturated heterocycles. The van der Waals surface area contributed by atoms with Crippen LogP contribution < -0.4 is 0 Å². The summed E-state index contributed by atoms with van der Waals surface area (Å²) in [7, 11) is 0. The van der Waals surface area contributed by atoms with Gasteiger partial charge >= 0.3 is 5.97 Å². The second kappa shape index (κ2) is 6.85. The molecule has 20 heavy (non-hydrogen) atoms. The van der Waals surface area contributed by atoms with E-state index in [9.17, 15) is 9.59 Å². The quantitative estimate of drug-likeness (QED) is 0.898. The Kier molecular flexibility index (Phi) is 5.14. The van der Waals surface area contributed by atoms with E-state index in [0.29, 0.717) is 19.6 Å². The molecule has 2 heterocycles. The van der Waals surface area contributed by atoms with Crippen LogP contribution in [0.2, 0.25) is 0 Å². The van der Waals surface area contributed by atoms with Crippen LogP contribution in [0.5, 0.6) is 0 Å². The van der Waals surface area contributed by atoms with Crippen LogP contribution in [0.25, 0.3) is 0 Å². The summed E-state index contributed by atoms with van der Waals surface area (Å²) in [6.07, 6.45) is 1.28. The zero-order valence-electron chi connectivity index (χ0n) is 11.5. The third-order valence-electron chi connectivity index (χ3n) is 3.30. The van der Waals surface area contributed by atoms with Crippen molar-refractivity contribution in [3.05, 3.63) is 21.9 Å². The Labute approximate surface area is 122 Å². The first-order valence-corrected chi connectivity index (χ1v) is 7.55. The molecule has 2 rings (SSSR count). The highest BCUT2D eigenvalue weighted by atomic mass is 32.1. The van der Waals surface area contributed by atoms with Crippen LogP contribution in [0.15, 0.2) is 12.1 Å². The number of amides is 1. The predicted molar refractivity (Wildman–Crippen MR) is 75.9 cm³/mol. The summed E-state index contributed by atoms with van der Waals surface area (Å²) in [5.74, 6) is -0.982. The number of thiophene rings is 1. The number of morpholine rings is 1. The van der Waals surface area contributed by atoms with Crippen LogP contribution in [-0.2, 0) is 20.7 Å². The second-order valence-electron chi connectivity index (χ2n) is 4.90. The van der Waals surface area contributed by atoms with Gasteiger partial charge in [-0.15, -0.1) is 11.3 Å². The first-order chi connectivity index (χ1) is 9.56. The van der Waals surface area contributed by atoms with Crippen LogP contribution in [0.1, 0.15) is 22.6 Å². The number of carbonyl (C=O) groups excluding carboxylic acids is 1. The minimum atomic E-state index is -1.00. The normalized spacial score (nSPS) is 19.1. The van der Waals surface area contributed by atoms with E-state index in [1.165, 1.54) is 9.75 Å². The Hall–Kier alpha value is -1.40. The van der Waals surface area contributed by atoms with E-state index in [2.05, 4.69) is 19.1 Å². The fraction of sp³-hybridized carbons (Fsp3) is 0.571. The minimum Gasteiger partial charge on any atom is -0.479 e. The Morgan fingerprint density at radius 1 is 1.50 bits per heavy atom. The highest BCUT2D eigenvalue weighted by Gasteiger charge is 2.28. The molecule has 1 aromatic heterocycles. The fourth-order valence-corrected chi connectivity index (χ4v) is 3.15. The van der Waals surface area contributed by atoms with Crippen molar-refractivity contribution in [2.45, 2.75) is 32.3 Å². The maximum Gasteiger partial charge on any atom is 0.334 e. The lowest BCUT2D eigenvalue weighted by molar-refractivity contribution is -0.159. The minimum absolute atomic E-state index is 0.0211. The zero-order valence-corrected chi connectivity index (χ0v) is 12.3. The number of rotatable bonds is 5. The van der Waals surface area contributed by atoms with Crippen molar-refractivity contribution in [2.24, 2.45) is 0 Å². The number of ether oxygens (including phenoxy) is 1. The monoisotopic (exact) mass is 297 g/mol. The molecule has 1 aromatic rings. The lowest BCUT2D eigenvalue weighted by Crippen LogP contribution is -2.48. The molecule has 1 aliphatic rings. The summed E-state index contributed by atoms with van der Waals surface area (Å²) in [5, 5.41) is 8.90. The Balaban J connectivity index is 1.75. The molecule has 1 atom stereocenters. The maximum absolute atomic E-state index is 12.0. The smallest absolute Gasteiger partial charge is 0.334 e. The summed E-state index contributed by atoms with van der Waals surface area (Å²) < 4.78 is 5.10. The molecule has 0 spiro atoms. The molecule has 110 valence electrons. The van der Waals surface area contributed by atoms with Crippen LogP contribution in [0.3, 0.4) is 0 Å². The number of hydrogen-bond acceptors (Lipinski definition) is 4. The number of nitrogens with zero attached hydrogens (tertiary/aromatic N) is 1. The van der Waals surface area contributed by atoms with E-state index in [4.69, 9.17) is 9.84 Å². The molecule has 6 heteroatoms. The molecule has 1 aliphatic heterocycles. The maximum atomic E-state index is 12.0. The van der Waals surface area contributed by atoms with Gasteiger partial charge in [0.15, 0.2) is 6.10 Å². The molecule has 1 amide bonds. The van der Waals surface area contributed by atoms with E-state index in [1.807, 2.05) is 0 Å². The van der Waals surface area contributed by atoms with Crippen LogP contribution in [-0.4, -0.2) is 47.7 Å². The summed E-state index contributed by atoms with van der Waals surface area (Å²) in [6.45, 7) is 3.01. The predicted octanol–water partition coefficient (Wildman–Crippen LogP) is 1.69. The number of carboxylic acids is 1. The van der Waals surface area contributed by atoms with E-state index in [0.717, 1.165) is 12.8 Å². The molecular weight excluding hydrogens is 278 g/mol. The van der Waals surface area contributed by atoms with Gasteiger partial charge in [-0.1, -0.05) is 0 Å². The Morgan fingerprint density at radius 2 is 2.30 bits per heavy atom. The lowest BCUT2D eigenvalue weighted by Gasteiger charge is -2.30. The van der Waals surface area contributed by atoms with Crippen molar-refractivity contribution in [2.75, 3.05) is 19.7 Å². The van der Waals surface area contributed by atoms with Crippen LogP contribution >= 0.6 is 11.3 Å². The van der Waals surface area contributed by atoms with Crippen molar-refractivity contribution < 1.29 is 19.4 Å². The molecule has 0 bridgehead atoms. The third kappa shape index (κ3) is 4.05. The fourth-order valence-electron chi connectivity index (χ4n) is 2.22. The SMILES string of the molecule is Cc1ccc(CCCC(=O)N2CCO[C@H](C(=O)O)C2)s1. The summed E-state index contributed by atoms with van der Waals surface area (Å²) in [5.41, 5.74) is 0. The first-order valence-electron chi connectivity index (χ1n) is 6.74. The van der Waals surface area contributed by atoms with Gasteiger partial charge in [-0.2, -0.15) is 0 Å². The molecule has 0 saturated carbocycles. The number of carboxylic acid groups (broad SMARTS) is 1. The third-order valence-corrected chi connectivity index (χ3v) is 4.36. The van der Waals surface area contributed by atoms with E-state index >= 15 is 0 Å². The molecule has 5 nitrogen and oxygen atoms in total. The van der Waals surface area contributed by atoms with Gasteiger partial charge in [0.05, 0.1) is 13.2 Å². The first kappa shape index (κ1) is 15.0. The topological polar surface area (TPSA) is 66.8 Å². The second-order valence-corrected chi connectivity index (χ2v) is 6.28. The molecule has 0 aromatic carbocycles. The number of carbonyl (C=O) groups is 2. The Morgan fingerprint density at radius 3 is 2.95 bits per heavy atom. The van der Waals surface area contributed by atoms with Gasteiger partial charge in [-0.25, -0.2) is 4.79 Å². The van der Waals surface area contributed by atoms with Gasteiger partial charge < -0.3 is 14.7 Å². The number of aryl methyl sites for hydroxylation is 2. The van der Waals surface area contributed by atoms with Gasteiger partial charge in [-0.05, 0) is 31.9 Å². The van der Waals surface area contributed by atoms with Gasteiger partial charge in [0, 0.05) is 22.7 Å². The lowest BCUT2D eigenvalue weighted by atomic mass is 10.2. The molecule has 0 radical (unpaired) electrons. The molecule has 0 unspecified atom stereocenters. The number of hydrogen-bond donors (Lipinski definition) is 1. The molecule has 1 fully saturated rings. The summed E-state index contributed by atoms with van der Waals surface area (Å²) >= 11 is 1.76. The van der Waals surface area contributed by atoms with Gasteiger partial charge in [0.2, 0.25) is 5.91 Å². The van der Waals surface area contributed by atoms with E-state index in [1.54, 1.807) is 16.2 Å². The average molecular weight is 297 g/mol. The van der Waals surface area contributed by atoms with Gasteiger partial charge in [-0.3, -0.25) is 4.79 Å². The van der Waals surface area contributed by atoms with Gasteiger partial charge in [0.25, 0.3) is 0 Å². The van der Waals surface area contributed by atoms with Crippen LogP contribution in [0.4, 0.5) is 0 Å². The van der Waals surface area contributed by atoms with Crippen molar-refractivity contribution in [1.29, 1.82) is 0 Å². The highest BCUT2D eigenvalue weighted by molar-refractivity contribution is 7.11. The Bertz CT molecular complexity index is 485. The standard InChI is InChI=1S/C14H19NO4S/c1-10-5-6-11(20-10)3-2-4-13(16)15-7-8-19-12(9-15)14(17)18/h5-6,12H,2-4,7-9H2,1H3,(H,17,18)/t12-/m0/s1. The number of aliphatic carboxylic acids is 1. The molecule has 1 N–H and O–H groups in total. The summed E-state index contributed by atoms with van der Waals surface area (Å²) in [6, 6.07) is 4.18. The highest BCUT2D eigenvalue weighted by Crippen LogP contribution is 2.18. The molecule has 0 aliphatic carbocycles. The average Bonchev–Trinajstić information content (AvgIpc) is 2.84. The van der Waals surface area contributed by atoms with E-state index < -0.39 is 12.1 Å². The van der Waals surface area contributed by atoms with Crippen molar-refractivity contribution in [3.63, 3.8) is 0 Å². The van der Waals surface area contributed by atoms with Crippen molar-refractivity contribution in [1.82, 2.24) is 4.90 Å². The zero-order chi connectivity index (χ0) is 14.5. The molecular formula is C14H19NO4S. The van der Waals surface area contributed by atoms with E-state index in [-0.39, 0.29) is 12.5 Å². The van der Waals surface area contributed by atoms with Gasteiger partial charge in [0.1, 0.15) is 0 Å². The largest absolute Gasteiger partial charge is 0.479 e.